The fourth-order valence-electron chi connectivity index (χ4n) is 3.28. The first kappa shape index (κ1) is 24.6. The number of guanidine groups is 1. The van der Waals surface area contributed by atoms with Crippen molar-refractivity contribution in [1.29, 1.82) is 0 Å². The molecule has 30 heavy (non-hydrogen) atoms. The van der Waals surface area contributed by atoms with Gasteiger partial charge in [-0.25, -0.2) is 9.98 Å². The highest BCUT2D eigenvalue weighted by Crippen LogP contribution is 2.11. The van der Waals surface area contributed by atoms with E-state index in [0.29, 0.717) is 19.3 Å². The van der Waals surface area contributed by atoms with Crippen molar-refractivity contribution in [2.24, 2.45) is 4.99 Å². The Kier molecular flexibility index (Phi) is 11.8. The minimum Gasteiger partial charge on any atom is -0.379 e. The minimum atomic E-state index is 0. The molecule has 166 valence electrons. The van der Waals surface area contributed by atoms with Crippen LogP contribution in [0.3, 0.4) is 0 Å². The molecule has 1 unspecified atom stereocenters. The standard InChI is InChI=1S/C22H33N5O2.HI/c1-2-23-22(25-11-7-14-28-18-20-10-6-15-29-20)26-16-21-24-12-13-27(21)17-19-8-4-3-5-9-19;/h3-5,8-9,12-13,20H,2,6-7,10-11,14-18H2,1H3,(H2,23,25,26);1H. The van der Waals surface area contributed by atoms with Crippen LogP contribution in [0.4, 0.5) is 0 Å². The number of hydrogen-bond acceptors (Lipinski definition) is 4. The van der Waals surface area contributed by atoms with Crippen LogP contribution in [0, 0.1) is 0 Å². The molecule has 3 rings (SSSR count). The third kappa shape index (κ3) is 8.61. The smallest absolute Gasteiger partial charge is 0.191 e. The SMILES string of the molecule is CCNC(=NCc1nccn1Cc1ccccc1)NCCCOCC1CCCO1.I. The highest BCUT2D eigenvalue weighted by molar-refractivity contribution is 14.0. The molecule has 2 aromatic rings. The van der Waals surface area contributed by atoms with Crippen molar-refractivity contribution in [3.8, 4) is 0 Å². The molecule has 1 aromatic heterocycles. The fourth-order valence-corrected chi connectivity index (χ4v) is 3.28. The van der Waals surface area contributed by atoms with Gasteiger partial charge >= 0.3 is 0 Å². The molecule has 1 saturated heterocycles. The predicted molar refractivity (Wildman–Crippen MR) is 130 cm³/mol. The van der Waals surface area contributed by atoms with E-state index in [1.807, 2.05) is 18.5 Å². The average molecular weight is 527 g/mol. The number of aliphatic imine (C=N–C) groups is 1. The number of imidazole rings is 1. The maximum absolute atomic E-state index is 5.71. The Morgan fingerprint density at radius 3 is 2.93 bits per heavy atom. The molecule has 1 aromatic carbocycles. The Labute approximate surface area is 196 Å². The van der Waals surface area contributed by atoms with E-state index in [0.717, 1.165) is 63.9 Å². The molecular formula is C22H34IN5O2. The second kappa shape index (κ2) is 14.4. The number of nitrogens with one attached hydrogen (secondary N) is 2. The van der Waals surface area contributed by atoms with Crippen LogP contribution < -0.4 is 10.6 Å². The van der Waals surface area contributed by atoms with E-state index in [2.05, 4.69) is 56.4 Å². The summed E-state index contributed by atoms with van der Waals surface area (Å²) < 4.78 is 13.4. The summed E-state index contributed by atoms with van der Waals surface area (Å²) in [6.45, 7) is 7.35. The van der Waals surface area contributed by atoms with Gasteiger partial charge in [0.1, 0.15) is 12.4 Å². The molecule has 2 N–H and O–H groups in total. The number of benzene rings is 1. The van der Waals surface area contributed by atoms with Crippen LogP contribution in [-0.2, 0) is 22.6 Å². The van der Waals surface area contributed by atoms with Gasteiger partial charge in [-0.1, -0.05) is 30.3 Å². The van der Waals surface area contributed by atoms with Gasteiger partial charge in [0.2, 0.25) is 0 Å². The number of rotatable bonds is 11. The van der Waals surface area contributed by atoms with Crippen molar-refractivity contribution in [1.82, 2.24) is 20.2 Å². The van der Waals surface area contributed by atoms with Crippen LogP contribution in [0.5, 0.6) is 0 Å². The average Bonchev–Trinajstić information content (AvgIpc) is 3.41. The molecule has 2 heterocycles. The monoisotopic (exact) mass is 527 g/mol. The summed E-state index contributed by atoms with van der Waals surface area (Å²) in [6, 6.07) is 10.4. The summed E-state index contributed by atoms with van der Waals surface area (Å²) in [6.07, 6.45) is 7.33. The van der Waals surface area contributed by atoms with E-state index < -0.39 is 0 Å². The molecule has 1 fully saturated rings. The molecule has 0 aliphatic carbocycles. The van der Waals surface area contributed by atoms with Gasteiger partial charge in [-0.2, -0.15) is 0 Å². The number of halogens is 1. The molecule has 1 aliphatic heterocycles. The molecule has 0 bridgehead atoms. The van der Waals surface area contributed by atoms with Gasteiger partial charge in [0.05, 0.1) is 12.7 Å². The second-order valence-electron chi connectivity index (χ2n) is 7.14. The van der Waals surface area contributed by atoms with Gasteiger partial charge in [0.25, 0.3) is 0 Å². The van der Waals surface area contributed by atoms with Crippen molar-refractivity contribution >= 4 is 29.9 Å². The van der Waals surface area contributed by atoms with Crippen LogP contribution in [0.15, 0.2) is 47.7 Å². The largest absolute Gasteiger partial charge is 0.379 e. The van der Waals surface area contributed by atoms with E-state index >= 15 is 0 Å². The molecule has 1 aliphatic rings. The van der Waals surface area contributed by atoms with Gasteiger partial charge in [-0.05, 0) is 31.7 Å². The Bertz CT molecular complexity index is 732. The first-order chi connectivity index (χ1) is 14.3. The van der Waals surface area contributed by atoms with Crippen LogP contribution >= 0.6 is 24.0 Å². The quantitative estimate of drug-likeness (QED) is 0.203. The van der Waals surface area contributed by atoms with Crippen molar-refractivity contribution in [3.63, 3.8) is 0 Å². The van der Waals surface area contributed by atoms with E-state index in [-0.39, 0.29) is 24.0 Å². The Morgan fingerprint density at radius 2 is 2.17 bits per heavy atom. The first-order valence-electron chi connectivity index (χ1n) is 10.6. The topological polar surface area (TPSA) is 72.7 Å². The predicted octanol–water partition coefficient (Wildman–Crippen LogP) is 3.19. The summed E-state index contributed by atoms with van der Waals surface area (Å²) >= 11 is 0. The van der Waals surface area contributed by atoms with Crippen molar-refractivity contribution in [2.75, 3.05) is 32.9 Å². The molecule has 8 heteroatoms. The molecule has 0 amide bonds. The van der Waals surface area contributed by atoms with Crippen molar-refractivity contribution in [3.05, 3.63) is 54.1 Å². The summed E-state index contributed by atoms with van der Waals surface area (Å²) in [7, 11) is 0. The van der Waals surface area contributed by atoms with Gasteiger partial charge in [0.15, 0.2) is 5.96 Å². The maximum atomic E-state index is 5.71. The second-order valence-corrected chi connectivity index (χ2v) is 7.14. The molecule has 1 atom stereocenters. The number of ether oxygens (including phenoxy) is 2. The third-order valence-corrected chi connectivity index (χ3v) is 4.81. The van der Waals surface area contributed by atoms with Crippen LogP contribution in [0.1, 0.15) is 37.6 Å². The number of aromatic nitrogens is 2. The zero-order valence-corrected chi connectivity index (χ0v) is 20.1. The van der Waals surface area contributed by atoms with E-state index in [1.165, 1.54) is 5.56 Å². The zero-order chi connectivity index (χ0) is 20.2. The maximum Gasteiger partial charge on any atom is 0.191 e. The summed E-state index contributed by atoms with van der Waals surface area (Å²) in [5, 5.41) is 6.66. The molecular weight excluding hydrogens is 493 g/mol. The lowest BCUT2D eigenvalue weighted by Gasteiger charge is -2.13. The fraction of sp³-hybridized carbons (Fsp3) is 0.545. The van der Waals surface area contributed by atoms with Crippen LogP contribution in [0.25, 0.3) is 0 Å². The zero-order valence-electron chi connectivity index (χ0n) is 17.8. The van der Waals surface area contributed by atoms with Crippen molar-refractivity contribution < 1.29 is 9.47 Å². The number of hydrogen-bond donors (Lipinski definition) is 2. The summed E-state index contributed by atoms with van der Waals surface area (Å²) in [5.74, 6) is 1.76. The van der Waals surface area contributed by atoms with Gasteiger partial charge in [-0.15, -0.1) is 24.0 Å². The van der Waals surface area contributed by atoms with E-state index in [1.54, 1.807) is 0 Å². The van der Waals surface area contributed by atoms with Gasteiger partial charge < -0.3 is 24.7 Å². The Morgan fingerprint density at radius 1 is 1.30 bits per heavy atom. The lowest BCUT2D eigenvalue weighted by molar-refractivity contribution is 0.0168. The minimum absolute atomic E-state index is 0. The van der Waals surface area contributed by atoms with Crippen LogP contribution in [-0.4, -0.2) is 54.5 Å². The lowest BCUT2D eigenvalue weighted by Crippen LogP contribution is -2.38. The normalized spacial score (nSPS) is 16.3. The summed E-state index contributed by atoms with van der Waals surface area (Å²) in [4.78, 5) is 9.16. The molecule has 0 radical (unpaired) electrons. The lowest BCUT2D eigenvalue weighted by atomic mass is 10.2. The van der Waals surface area contributed by atoms with Crippen LogP contribution in [0.2, 0.25) is 0 Å². The highest BCUT2D eigenvalue weighted by Gasteiger charge is 2.14. The van der Waals surface area contributed by atoms with Gasteiger partial charge in [0, 0.05) is 45.2 Å². The molecule has 0 spiro atoms. The third-order valence-electron chi connectivity index (χ3n) is 4.81. The highest BCUT2D eigenvalue weighted by atomic mass is 127. The first-order valence-corrected chi connectivity index (χ1v) is 10.6. The summed E-state index contributed by atoms with van der Waals surface area (Å²) in [5.41, 5.74) is 1.25. The van der Waals surface area contributed by atoms with E-state index in [9.17, 15) is 0 Å². The number of nitrogens with zero attached hydrogens (tertiary/aromatic N) is 3. The Balaban J connectivity index is 0.00000320. The Hall–Kier alpha value is -1.65. The van der Waals surface area contributed by atoms with Gasteiger partial charge in [-0.3, -0.25) is 0 Å². The molecule has 7 nitrogen and oxygen atoms in total. The molecule has 0 saturated carbocycles. The van der Waals surface area contributed by atoms with E-state index in [4.69, 9.17) is 9.47 Å². The van der Waals surface area contributed by atoms with Crippen molar-refractivity contribution in [2.45, 2.75) is 45.4 Å².